The molecule has 1 N–H and O–H groups in total. The van der Waals surface area contributed by atoms with E-state index in [4.69, 9.17) is 21.3 Å². The molecule has 32 heavy (non-hydrogen) atoms. The molecule has 6 heteroatoms. The number of fused-ring (bicyclic) bond motifs is 1. The Labute approximate surface area is 193 Å². The van der Waals surface area contributed by atoms with Crippen molar-refractivity contribution < 1.29 is 9.53 Å². The van der Waals surface area contributed by atoms with E-state index in [0.717, 1.165) is 36.2 Å². The minimum atomic E-state index is -0.145. The van der Waals surface area contributed by atoms with Crippen LogP contribution in [0, 0.1) is 6.92 Å². The predicted octanol–water partition coefficient (Wildman–Crippen LogP) is 5.17. The number of nitrogens with zero attached hydrogens (tertiary/aromatic N) is 2. The van der Waals surface area contributed by atoms with E-state index in [0.29, 0.717) is 17.3 Å². The maximum atomic E-state index is 12.1. The second-order valence-corrected chi connectivity index (χ2v) is 8.16. The first kappa shape index (κ1) is 21.9. The number of para-hydroxylation sites is 2. The number of imidazole rings is 1. The quantitative estimate of drug-likeness (QED) is 0.360. The van der Waals surface area contributed by atoms with E-state index in [1.165, 1.54) is 11.1 Å². The number of ether oxygens (including phenoxy) is 1. The van der Waals surface area contributed by atoms with Gasteiger partial charge in [-0.3, -0.25) is 4.79 Å². The molecule has 164 valence electrons. The molecule has 0 spiro atoms. The molecule has 3 aromatic carbocycles. The van der Waals surface area contributed by atoms with Crippen molar-refractivity contribution >= 4 is 28.5 Å². The van der Waals surface area contributed by atoms with Crippen LogP contribution < -0.4 is 10.1 Å². The number of carbonyl (C=O) groups is 1. The van der Waals surface area contributed by atoms with Crippen molar-refractivity contribution in [2.45, 2.75) is 26.3 Å². The molecule has 0 fully saturated rings. The highest BCUT2D eigenvalue weighted by atomic mass is 35.5. The van der Waals surface area contributed by atoms with Crippen LogP contribution in [0.1, 0.15) is 23.4 Å². The van der Waals surface area contributed by atoms with E-state index in [2.05, 4.69) is 47.1 Å². The van der Waals surface area contributed by atoms with Crippen LogP contribution in [0.5, 0.6) is 5.75 Å². The molecule has 0 atom stereocenters. The summed E-state index contributed by atoms with van der Waals surface area (Å²) in [5.74, 6) is 1.50. The van der Waals surface area contributed by atoms with Gasteiger partial charge in [0.15, 0.2) is 6.61 Å². The fraction of sp³-hybridized carbons (Fsp3) is 0.231. The first-order chi connectivity index (χ1) is 15.6. The van der Waals surface area contributed by atoms with Crippen LogP contribution in [0.4, 0.5) is 0 Å². The summed E-state index contributed by atoms with van der Waals surface area (Å²) in [6, 6.07) is 23.6. The van der Waals surface area contributed by atoms with Gasteiger partial charge in [0.1, 0.15) is 11.6 Å². The Bertz CT molecular complexity index is 1200. The number of rotatable bonds is 9. The molecule has 0 saturated carbocycles. The molecule has 1 heterocycles. The Morgan fingerprint density at radius 3 is 2.59 bits per heavy atom. The van der Waals surface area contributed by atoms with Gasteiger partial charge in [-0.25, -0.2) is 4.98 Å². The van der Waals surface area contributed by atoms with E-state index in [9.17, 15) is 4.79 Å². The lowest BCUT2D eigenvalue weighted by molar-refractivity contribution is -0.123. The number of nitrogens with one attached hydrogen (secondary N) is 1. The molecule has 5 nitrogen and oxygen atoms in total. The first-order valence-corrected chi connectivity index (χ1v) is 11.1. The SMILES string of the molecule is Cc1ccccc1Cn1c(CCCNC(=O)COc2ccc(Cl)cc2)nc2ccccc21. The summed E-state index contributed by atoms with van der Waals surface area (Å²) in [5, 5.41) is 3.55. The van der Waals surface area contributed by atoms with Gasteiger partial charge < -0.3 is 14.6 Å². The number of hydrogen-bond donors (Lipinski definition) is 1. The second kappa shape index (κ2) is 10.3. The normalized spacial score (nSPS) is 10.9. The minimum Gasteiger partial charge on any atom is -0.484 e. The zero-order valence-electron chi connectivity index (χ0n) is 18.1. The zero-order valence-corrected chi connectivity index (χ0v) is 18.8. The van der Waals surface area contributed by atoms with Crippen LogP contribution in [-0.4, -0.2) is 28.6 Å². The largest absolute Gasteiger partial charge is 0.484 e. The monoisotopic (exact) mass is 447 g/mol. The first-order valence-electron chi connectivity index (χ1n) is 10.7. The second-order valence-electron chi connectivity index (χ2n) is 7.73. The van der Waals surface area contributed by atoms with Crippen molar-refractivity contribution in [2.75, 3.05) is 13.2 Å². The molecule has 0 radical (unpaired) electrons. The lowest BCUT2D eigenvalue weighted by Gasteiger charge is -2.12. The van der Waals surface area contributed by atoms with Crippen molar-refractivity contribution in [3.8, 4) is 5.75 Å². The van der Waals surface area contributed by atoms with Crippen molar-refractivity contribution in [1.82, 2.24) is 14.9 Å². The van der Waals surface area contributed by atoms with Gasteiger partial charge in [-0.2, -0.15) is 0 Å². The topological polar surface area (TPSA) is 56.2 Å². The van der Waals surface area contributed by atoms with Gasteiger partial charge in [-0.05, 0) is 60.9 Å². The summed E-state index contributed by atoms with van der Waals surface area (Å²) in [6.45, 7) is 3.46. The Morgan fingerprint density at radius 1 is 1.03 bits per heavy atom. The number of aryl methyl sites for hydroxylation is 2. The van der Waals surface area contributed by atoms with Gasteiger partial charge in [-0.1, -0.05) is 48.0 Å². The zero-order chi connectivity index (χ0) is 22.3. The number of halogens is 1. The molecular formula is C26H26ClN3O2. The molecule has 0 bridgehead atoms. The number of carbonyl (C=O) groups excluding carboxylic acids is 1. The molecule has 0 unspecified atom stereocenters. The lowest BCUT2D eigenvalue weighted by Crippen LogP contribution is -2.30. The average molecular weight is 448 g/mol. The van der Waals surface area contributed by atoms with Gasteiger partial charge in [0.05, 0.1) is 11.0 Å². The van der Waals surface area contributed by atoms with Crippen LogP contribution >= 0.6 is 11.6 Å². The number of benzene rings is 3. The summed E-state index contributed by atoms with van der Waals surface area (Å²) in [6.07, 6.45) is 1.57. The Kier molecular flexibility index (Phi) is 7.07. The van der Waals surface area contributed by atoms with Crippen LogP contribution in [0.25, 0.3) is 11.0 Å². The van der Waals surface area contributed by atoms with Crippen molar-refractivity contribution in [3.63, 3.8) is 0 Å². The highest BCUT2D eigenvalue weighted by Gasteiger charge is 2.12. The van der Waals surface area contributed by atoms with Gasteiger partial charge in [0.2, 0.25) is 0 Å². The number of hydrogen-bond acceptors (Lipinski definition) is 3. The highest BCUT2D eigenvalue weighted by molar-refractivity contribution is 6.30. The fourth-order valence-corrected chi connectivity index (χ4v) is 3.78. The van der Waals surface area contributed by atoms with E-state index < -0.39 is 0 Å². The fourth-order valence-electron chi connectivity index (χ4n) is 3.66. The third kappa shape index (κ3) is 5.48. The third-order valence-electron chi connectivity index (χ3n) is 5.41. The molecular weight excluding hydrogens is 422 g/mol. The van der Waals surface area contributed by atoms with E-state index >= 15 is 0 Å². The summed E-state index contributed by atoms with van der Waals surface area (Å²) < 4.78 is 7.77. The van der Waals surface area contributed by atoms with Crippen molar-refractivity contribution in [3.05, 3.63) is 94.8 Å². The molecule has 4 aromatic rings. The number of amides is 1. The maximum absolute atomic E-state index is 12.1. The Balaban J connectivity index is 1.34. The molecule has 0 aliphatic carbocycles. The summed E-state index contributed by atoms with van der Waals surface area (Å²) in [5.41, 5.74) is 4.68. The van der Waals surface area contributed by atoms with Crippen molar-refractivity contribution in [2.24, 2.45) is 0 Å². The van der Waals surface area contributed by atoms with E-state index in [1.54, 1.807) is 24.3 Å². The van der Waals surface area contributed by atoms with E-state index in [1.807, 2.05) is 18.2 Å². The number of aromatic nitrogens is 2. The van der Waals surface area contributed by atoms with Gasteiger partial charge >= 0.3 is 0 Å². The van der Waals surface area contributed by atoms with Crippen LogP contribution in [0.2, 0.25) is 5.02 Å². The van der Waals surface area contributed by atoms with Crippen molar-refractivity contribution in [1.29, 1.82) is 0 Å². The van der Waals surface area contributed by atoms with Gasteiger partial charge in [0, 0.05) is 24.5 Å². The van der Waals surface area contributed by atoms with Gasteiger partial charge in [-0.15, -0.1) is 0 Å². The molecule has 1 aromatic heterocycles. The van der Waals surface area contributed by atoms with Crippen LogP contribution in [-0.2, 0) is 17.8 Å². The summed E-state index contributed by atoms with van der Waals surface area (Å²) in [7, 11) is 0. The predicted molar refractivity (Wildman–Crippen MR) is 128 cm³/mol. The third-order valence-corrected chi connectivity index (χ3v) is 5.66. The molecule has 1 amide bonds. The molecule has 4 rings (SSSR count). The lowest BCUT2D eigenvalue weighted by atomic mass is 10.1. The molecule has 0 saturated heterocycles. The highest BCUT2D eigenvalue weighted by Crippen LogP contribution is 2.20. The van der Waals surface area contributed by atoms with Gasteiger partial charge in [0.25, 0.3) is 5.91 Å². The average Bonchev–Trinajstić information content (AvgIpc) is 3.15. The Morgan fingerprint density at radius 2 is 1.78 bits per heavy atom. The minimum absolute atomic E-state index is 0.0204. The standard InChI is InChI=1S/C26H26ClN3O2/c1-19-7-2-3-8-20(19)17-30-24-10-5-4-9-23(24)29-25(30)11-6-16-28-26(31)18-32-22-14-12-21(27)13-15-22/h2-5,7-10,12-15H,6,11,16-18H2,1H3,(H,28,31). The smallest absolute Gasteiger partial charge is 0.257 e. The molecule has 0 aliphatic heterocycles. The Hall–Kier alpha value is -3.31. The van der Waals surface area contributed by atoms with Crippen LogP contribution in [0.3, 0.4) is 0 Å². The summed E-state index contributed by atoms with van der Waals surface area (Å²) in [4.78, 5) is 17.0. The van der Waals surface area contributed by atoms with E-state index in [-0.39, 0.29) is 12.5 Å². The van der Waals surface area contributed by atoms with Crippen LogP contribution in [0.15, 0.2) is 72.8 Å². The maximum Gasteiger partial charge on any atom is 0.257 e. The molecule has 0 aliphatic rings. The summed E-state index contributed by atoms with van der Waals surface area (Å²) >= 11 is 5.86.